The average molecular weight is 663 g/mol. The van der Waals surface area contributed by atoms with E-state index in [4.69, 9.17) is 10.5 Å². The number of likely N-dealkylation sites (tertiary alicyclic amines) is 1. The van der Waals surface area contributed by atoms with Gasteiger partial charge in [0.15, 0.2) is 0 Å². The number of rotatable bonds is 19. The molecule has 0 radical (unpaired) electrons. The van der Waals surface area contributed by atoms with Crippen molar-refractivity contribution in [3.05, 3.63) is 29.8 Å². The van der Waals surface area contributed by atoms with Gasteiger partial charge < -0.3 is 31.7 Å². The molecule has 0 aromatic heterocycles. The summed E-state index contributed by atoms with van der Waals surface area (Å²) in [6.07, 6.45) is 4.42. The lowest BCUT2D eigenvalue weighted by atomic mass is 10.0. The Labute approximate surface area is 273 Å². The number of nitrogens with one attached hydrogen (secondary N) is 4. The molecule has 46 heavy (non-hydrogen) atoms. The highest BCUT2D eigenvalue weighted by atomic mass is 32.2. The van der Waals surface area contributed by atoms with E-state index >= 15 is 0 Å². The maximum absolute atomic E-state index is 13.3. The lowest BCUT2D eigenvalue weighted by molar-refractivity contribution is -0.142. The van der Waals surface area contributed by atoms with Crippen LogP contribution in [0.25, 0.3) is 0 Å². The second kappa shape index (κ2) is 19.4. The van der Waals surface area contributed by atoms with E-state index in [-0.39, 0.29) is 61.3 Å². The van der Waals surface area contributed by atoms with Crippen molar-refractivity contribution in [3.63, 3.8) is 0 Å². The Morgan fingerprint density at radius 2 is 1.70 bits per heavy atom. The van der Waals surface area contributed by atoms with E-state index in [2.05, 4.69) is 21.3 Å². The van der Waals surface area contributed by atoms with Gasteiger partial charge in [0.05, 0.1) is 5.25 Å². The Morgan fingerprint density at radius 3 is 2.28 bits per heavy atom. The minimum atomic E-state index is -0.984. The van der Waals surface area contributed by atoms with Gasteiger partial charge in [-0.25, -0.2) is 4.79 Å². The van der Waals surface area contributed by atoms with Gasteiger partial charge >= 0.3 is 12.0 Å². The summed E-state index contributed by atoms with van der Waals surface area (Å²) >= 11 is 1.37. The predicted octanol–water partition coefficient (Wildman–Crippen LogP) is 1.81. The first-order valence-corrected chi connectivity index (χ1v) is 16.6. The van der Waals surface area contributed by atoms with Crippen LogP contribution in [0.3, 0.4) is 0 Å². The molecule has 15 heteroatoms. The van der Waals surface area contributed by atoms with E-state index in [1.807, 2.05) is 0 Å². The third kappa shape index (κ3) is 13.1. The van der Waals surface area contributed by atoms with Crippen molar-refractivity contribution in [2.45, 2.75) is 89.7 Å². The summed E-state index contributed by atoms with van der Waals surface area (Å²) in [5, 5.41) is 10.4. The number of thioether (sulfide) groups is 1. The van der Waals surface area contributed by atoms with E-state index in [1.165, 1.54) is 23.6 Å². The fraction of sp³-hybridized carbons (Fsp3) is 0.581. The average Bonchev–Trinajstić information content (AvgIpc) is 3.28. The molecule has 1 aliphatic rings. The lowest BCUT2D eigenvalue weighted by Gasteiger charge is -2.25. The molecule has 1 aliphatic heterocycles. The smallest absolute Gasteiger partial charge is 0.312 e. The zero-order valence-corrected chi connectivity index (χ0v) is 27.7. The lowest BCUT2D eigenvalue weighted by Crippen LogP contribution is -2.54. The van der Waals surface area contributed by atoms with Crippen molar-refractivity contribution < 1.29 is 38.3 Å². The third-order valence-corrected chi connectivity index (χ3v) is 8.24. The van der Waals surface area contributed by atoms with Crippen LogP contribution in [0.15, 0.2) is 24.3 Å². The summed E-state index contributed by atoms with van der Waals surface area (Å²) < 4.78 is 4.97. The number of carbonyl (C=O) groups excluding carboxylic acids is 7. The summed E-state index contributed by atoms with van der Waals surface area (Å²) in [5.74, 6) is -2.38. The number of anilines is 1. The highest BCUT2D eigenvalue weighted by molar-refractivity contribution is 8.00. The first-order chi connectivity index (χ1) is 21.8. The van der Waals surface area contributed by atoms with Gasteiger partial charge in [0, 0.05) is 38.5 Å². The third-order valence-electron chi connectivity index (χ3n) is 7.30. The maximum Gasteiger partial charge on any atom is 0.312 e. The SMILES string of the molecule is CSC1CC(=O)N(CCCCCC(=O)N[C@H](C(=O)NC(CCCNC(N)=O)C(=O)Nc2ccc(COC(C)=O)cc2)C(C)C)C1=O. The molecule has 0 aliphatic carbocycles. The topological polar surface area (TPSA) is 206 Å². The first-order valence-electron chi connectivity index (χ1n) is 15.4. The van der Waals surface area contributed by atoms with Crippen LogP contribution >= 0.6 is 11.8 Å². The molecule has 1 saturated heterocycles. The van der Waals surface area contributed by atoms with Gasteiger partial charge in [-0.3, -0.25) is 33.7 Å². The summed E-state index contributed by atoms with van der Waals surface area (Å²) in [6.45, 7) is 5.48. The molecule has 1 aromatic rings. The van der Waals surface area contributed by atoms with Crippen LogP contribution in [0.1, 0.15) is 71.3 Å². The van der Waals surface area contributed by atoms with Gasteiger partial charge in [-0.2, -0.15) is 11.8 Å². The van der Waals surface area contributed by atoms with Gasteiger partial charge in [0.25, 0.3) is 0 Å². The van der Waals surface area contributed by atoms with Crippen LogP contribution < -0.4 is 27.0 Å². The number of hydrogen-bond acceptors (Lipinski definition) is 9. The largest absolute Gasteiger partial charge is 0.461 e. The van der Waals surface area contributed by atoms with E-state index in [0.717, 1.165) is 5.56 Å². The van der Waals surface area contributed by atoms with Gasteiger partial charge in [-0.1, -0.05) is 32.4 Å². The van der Waals surface area contributed by atoms with Crippen molar-refractivity contribution in [1.82, 2.24) is 20.9 Å². The molecule has 0 spiro atoms. The highest BCUT2D eigenvalue weighted by Crippen LogP contribution is 2.23. The standard InChI is InChI=1S/C31H46N6O8S/c1-19(2)27(36-25(39)10-6-5-7-16-37-26(40)17-24(46-4)30(37)43)29(42)35-23(9-8-15-33-31(32)44)28(41)34-22-13-11-21(12-14-22)18-45-20(3)38/h11-14,19,23-24,27H,5-10,15-18H2,1-4H3,(H,34,41)(H,35,42)(H,36,39)(H3,32,33,44)/t23?,24?,27-/m0/s1. The Morgan fingerprint density at radius 1 is 1.00 bits per heavy atom. The molecule has 0 saturated carbocycles. The molecule has 2 unspecified atom stereocenters. The number of unbranched alkanes of at least 4 members (excludes halogenated alkanes) is 2. The molecule has 1 aromatic carbocycles. The van der Waals surface area contributed by atoms with Crippen LogP contribution in [-0.4, -0.2) is 83.1 Å². The van der Waals surface area contributed by atoms with Crippen LogP contribution in [0.2, 0.25) is 0 Å². The van der Waals surface area contributed by atoms with Gasteiger partial charge in [0.1, 0.15) is 18.7 Å². The molecule has 1 fully saturated rings. The van der Waals surface area contributed by atoms with Crippen LogP contribution in [0.5, 0.6) is 0 Å². The molecule has 3 atom stereocenters. The van der Waals surface area contributed by atoms with Crippen molar-refractivity contribution in [3.8, 4) is 0 Å². The fourth-order valence-electron chi connectivity index (χ4n) is 4.73. The summed E-state index contributed by atoms with van der Waals surface area (Å²) in [7, 11) is 0. The first kappa shape index (κ1) is 38.0. The number of nitrogens with two attached hydrogens (primary N) is 1. The molecule has 254 valence electrons. The molecule has 7 amide bonds. The second-order valence-corrected chi connectivity index (χ2v) is 12.4. The Bertz CT molecular complexity index is 1240. The van der Waals surface area contributed by atoms with Gasteiger partial charge in [-0.05, 0) is 55.6 Å². The highest BCUT2D eigenvalue weighted by Gasteiger charge is 2.37. The zero-order valence-electron chi connectivity index (χ0n) is 26.9. The number of urea groups is 1. The van der Waals surface area contributed by atoms with Gasteiger partial charge in [-0.15, -0.1) is 0 Å². The summed E-state index contributed by atoms with van der Waals surface area (Å²) in [5.41, 5.74) is 6.32. The fourth-order valence-corrected chi connectivity index (χ4v) is 5.37. The van der Waals surface area contributed by atoms with Crippen molar-refractivity contribution in [2.75, 3.05) is 24.7 Å². The minimum absolute atomic E-state index is 0.0940. The molecule has 2 rings (SSSR count). The van der Waals surface area contributed by atoms with E-state index in [0.29, 0.717) is 37.9 Å². The number of amides is 7. The quantitative estimate of drug-likeness (QED) is 0.0831. The number of benzene rings is 1. The van der Waals surface area contributed by atoms with Crippen LogP contribution in [-0.2, 0) is 40.1 Å². The summed E-state index contributed by atoms with van der Waals surface area (Å²) in [4.78, 5) is 87.0. The van der Waals surface area contributed by atoms with E-state index in [1.54, 1.807) is 44.4 Å². The van der Waals surface area contributed by atoms with Crippen LogP contribution in [0.4, 0.5) is 10.5 Å². The number of carbonyl (C=O) groups is 7. The van der Waals surface area contributed by atoms with Crippen molar-refractivity contribution in [1.29, 1.82) is 0 Å². The molecule has 6 N–H and O–H groups in total. The van der Waals surface area contributed by atoms with Crippen molar-refractivity contribution in [2.24, 2.45) is 11.7 Å². The summed E-state index contributed by atoms with van der Waals surface area (Å²) in [6, 6.07) is 4.08. The van der Waals surface area contributed by atoms with E-state index in [9.17, 15) is 33.6 Å². The van der Waals surface area contributed by atoms with Gasteiger partial charge in [0.2, 0.25) is 29.5 Å². The second-order valence-electron chi connectivity index (χ2n) is 11.4. The molecule has 0 bridgehead atoms. The zero-order chi connectivity index (χ0) is 34.2. The number of ether oxygens (including phenoxy) is 1. The number of nitrogens with zero attached hydrogens (tertiary/aromatic N) is 1. The van der Waals surface area contributed by atoms with E-state index < -0.39 is 35.9 Å². The Balaban J connectivity index is 1.93. The van der Waals surface area contributed by atoms with Crippen LogP contribution in [0, 0.1) is 5.92 Å². The number of esters is 1. The minimum Gasteiger partial charge on any atom is -0.461 e. The normalized spacial score (nSPS) is 15.7. The van der Waals surface area contributed by atoms with Crippen molar-refractivity contribution >= 4 is 59.0 Å². The molecule has 14 nitrogen and oxygen atoms in total. The monoisotopic (exact) mass is 662 g/mol. The molecular weight excluding hydrogens is 616 g/mol. The predicted molar refractivity (Wildman–Crippen MR) is 173 cm³/mol. The molecule has 1 heterocycles. The number of imide groups is 1. The maximum atomic E-state index is 13.3. The Hall–Kier alpha value is -4.14. The number of primary amides is 1. The molecular formula is C31H46N6O8S. The Kier molecular flexibility index (Phi) is 16.0. The number of hydrogen-bond donors (Lipinski definition) is 5.